The lowest BCUT2D eigenvalue weighted by Gasteiger charge is -2.33. The monoisotopic (exact) mass is 438 g/mol. The maximum Gasteiger partial charge on any atom is 0.193 e. The van der Waals surface area contributed by atoms with E-state index in [1.54, 1.807) is 18.4 Å². The summed E-state index contributed by atoms with van der Waals surface area (Å²) in [5, 5.41) is 17.0. The standard InChI is InChI=1S/C15H26N4OS.HI/c1-12-18-13(10-21-12)9-19(3)14(16-2)17-11-15(20)7-5-4-6-8-15;/h10,20H,4-9,11H2,1-3H3,(H,16,17);1H. The van der Waals surface area contributed by atoms with Crippen LogP contribution in [-0.2, 0) is 6.54 Å². The van der Waals surface area contributed by atoms with Crippen molar-refractivity contribution < 1.29 is 5.11 Å². The summed E-state index contributed by atoms with van der Waals surface area (Å²) < 4.78 is 0. The molecule has 0 aliphatic heterocycles. The first kappa shape index (κ1) is 19.6. The van der Waals surface area contributed by atoms with Crippen LogP contribution in [0.25, 0.3) is 0 Å². The first-order valence-corrected chi connectivity index (χ1v) is 8.45. The van der Waals surface area contributed by atoms with E-state index in [2.05, 4.69) is 20.7 Å². The maximum atomic E-state index is 10.5. The summed E-state index contributed by atoms with van der Waals surface area (Å²) in [4.78, 5) is 10.8. The molecule has 1 fully saturated rings. The molecule has 0 saturated heterocycles. The molecule has 0 bridgehead atoms. The predicted octanol–water partition coefficient (Wildman–Crippen LogP) is 2.77. The zero-order valence-electron chi connectivity index (χ0n) is 13.6. The number of hydrogen-bond donors (Lipinski definition) is 2. The fourth-order valence-electron chi connectivity index (χ4n) is 2.81. The largest absolute Gasteiger partial charge is 0.388 e. The van der Waals surface area contributed by atoms with Crippen molar-refractivity contribution in [2.75, 3.05) is 20.6 Å². The minimum absolute atomic E-state index is 0. The van der Waals surface area contributed by atoms with Gasteiger partial charge in [0.25, 0.3) is 0 Å². The van der Waals surface area contributed by atoms with Gasteiger partial charge in [0.2, 0.25) is 0 Å². The summed E-state index contributed by atoms with van der Waals surface area (Å²) in [6.07, 6.45) is 5.23. The third-order valence-electron chi connectivity index (χ3n) is 4.00. The number of thiazole rings is 1. The van der Waals surface area contributed by atoms with Crippen LogP contribution < -0.4 is 5.32 Å². The predicted molar refractivity (Wildman–Crippen MR) is 103 cm³/mol. The van der Waals surface area contributed by atoms with Gasteiger partial charge in [0.05, 0.1) is 22.8 Å². The smallest absolute Gasteiger partial charge is 0.193 e. The Morgan fingerprint density at radius 2 is 2.14 bits per heavy atom. The van der Waals surface area contributed by atoms with Crippen molar-refractivity contribution in [1.82, 2.24) is 15.2 Å². The number of rotatable bonds is 4. The van der Waals surface area contributed by atoms with Gasteiger partial charge in [-0.15, -0.1) is 35.3 Å². The molecule has 2 N–H and O–H groups in total. The first-order valence-electron chi connectivity index (χ1n) is 7.57. The lowest BCUT2D eigenvalue weighted by molar-refractivity contribution is 0.00819. The molecule has 22 heavy (non-hydrogen) atoms. The summed E-state index contributed by atoms with van der Waals surface area (Å²) in [7, 11) is 3.77. The Labute approximate surface area is 154 Å². The molecule has 1 saturated carbocycles. The Morgan fingerprint density at radius 1 is 1.45 bits per heavy atom. The Morgan fingerprint density at radius 3 is 2.68 bits per heavy atom. The van der Waals surface area contributed by atoms with E-state index in [-0.39, 0.29) is 24.0 Å². The second-order valence-electron chi connectivity index (χ2n) is 5.90. The van der Waals surface area contributed by atoms with Crippen molar-refractivity contribution in [3.05, 3.63) is 16.1 Å². The first-order chi connectivity index (χ1) is 10.0. The van der Waals surface area contributed by atoms with Crippen molar-refractivity contribution in [2.45, 2.75) is 51.2 Å². The van der Waals surface area contributed by atoms with Gasteiger partial charge in [0, 0.05) is 26.0 Å². The van der Waals surface area contributed by atoms with E-state index in [4.69, 9.17) is 0 Å². The van der Waals surface area contributed by atoms with Gasteiger partial charge in [-0.1, -0.05) is 19.3 Å². The zero-order valence-corrected chi connectivity index (χ0v) is 16.8. The highest BCUT2D eigenvalue weighted by Gasteiger charge is 2.29. The molecule has 1 heterocycles. The SMILES string of the molecule is CN=C(NCC1(O)CCCCC1)N(C)Cc1csc(C)n1.I. The Kier molecular flexibility index (Phi) is 8.06. The van der Waals surface area contributed by atoms with E-state index >= 15 is 0 Å². The summed E-state index contributed by atoms with van der Waals surface area (Å²) in [6, 6.07) is 0. The highest BCUT2D eigenvalue weighted by Crippen LogP contribution is 2.27. The van der Waals surface area contributed by atoms with Crippen molar-refractivity contribution in [3.63, 3.8) is 0 Å². The molecule has 5 nitrogen and oxygen atoms in total. The Balaban J connectivity index is 0.00000242. The summed E-state index contributed by atoms with van der Waals surface area (Å²) in [5.41, 5.74) is 0.478. The van der Waals surface area contributed by atoms with Gasteiger partial charge in [-0.3, -0.25) is 4.99 Å². The highest BCUT2D eigenvalue weighted by atomic mass is 127. The van der Waals surface area contributed by atoms with Crippen LogP contribution in [0, 0.1) is 6.92 Å². The molecular formula is C15H27IN4OS. The molecule has 126 valence electrons. The van der Waals surface area contributed by atoms with Crippen LogP contribution in [0.3, 0.4) is 0 Å². The van der Waals surface area contributed by atoms with Gasteiger partial charge < -0.3 is 15.3 Å². The van der Waals surface area contributed by atoms with Crippen molar-refractivity contribution in [3.8, 4) is 0 Å². The van der Waals surface area contributed by atoms with Gasteiger partial charge >= 0.3 is 0 Å². The highest BCUT2D eigenvalue weighted by molar-refractivity contribution is 14.0. The fraction of sp³-hybridized carbons (Fsp3) is 0.733. The van der Waals surface area contributed by atoms with Crippen LogP contribution in [0.2, 0.25) is 0 Å². The van der Waals surface area contributed by atoms with Crippen molar-refractivity contribution in [2.24, 2.45) is 4.99 Å². The summed E-state index contributed by atoms with van der Waals surface area (Å²) >= 11 is 1.66. The van der Waals surface area contributed by atoms with Crippen LogP contribution >= 0.6 is 35.3 Å². The third kappa shape index (κ3) is 5.66. The quantitative estimate of drug-likeness (QED) is 0.431. The van der Waals surface area contributed by atoms with E-state index in [0.29, 0.717) is 6.54 Å². The van der Waals surface area contributed by atoms with Crippen LogP contribution in [0.1, 0.15) is 42.8 Å². The molecule has 7 heteroatoms. The van der Waals surface area contributed by atoms with Gasteiger partial charge in [0.1, 0.15) is 0 Å². The molecule has 0 spiro atoms. The number of nitrogens with zero attached hydrogens (tertiary/aromatic N) is 3. The number of aromatic nitrogens is 1. The molecule has 0 unspecified atom stereocenters. The second kappa shape index (κ2) is 9.02. The lowest BCUT2D eigenvalue weighted by atomic mass is 9.85. The van der Waals surface area contributed by atoms with Crippen molar-refractivity contribution >= 4 is 41.3 Å². The average molecular weight is 438 g/mol. The van der Waals surface area contributed by atoms with Gasteiger partial charge in [-0.25, -0.2) is 4.98 Å². The number of aliphatic hydroxyl groups is 1. The second-order valence-corrected chi connectivity index (χ2v) is 6.96. The summed E-state index contributed by atoms with van der Waals surface area (Å²) in [5.74, 6) is 0.805. The van der Waals surface area contributed by atoms with Gasteiger partial charge in [0.15, 0.2) is 5.96 Å². The molecule has 1 aliphatic carbocycles. The van der Waals surface area contributed by atoms with Crippen molar-refractivity contribution in [1.29, 1.82) is 0 Å². The molecule has 1 aromatic rings. The molecular weight excluding hydrogens is 411 g/mol. The van der Waals surface area contributed by atoms with Crippen LogP contribution in [-0.4, -0.2) is 47.2 Å². The molecule has 1 aromatic heterocycles. The van der Waals surface area contributed by atoms with E-state index in [0.717, 1.165) is 48.9 Å². The number of aliphatic imine (C=N–C) groups is 1. The molecule has 0 radical (unpaired) electrons. The van der Waals surface area contributed by atoms with E-state index in [1.807, 2.05) is 18.9 Å². The molecule has 0 aromatic carbocycles. The maximum absolute atomic E-state index is 10.5. The minimum Gasteiger partial charge on any atom is -0.388 e. The van der Waals surface area contributed by atoms with Gasteiger partial charge in [-0.2, -0.15) is 0 Å². The number of hydrogen-bond acceptors (Lipinski definition) is 4. The molecule has 0 atom stereocenters. The van der Waals surface area contributed by atoms with Crippen LogP contribution in [0.4, 0.5) is 0 Å². The lowest BCUT2D eigenvalue weighted by Crippen LogP contribution is -2.48. The van der Waals surface area contributed by atoms with Crippen LogP contribution in [0.5, 0.6) is 0 Å². The third-order valence-corrected chi connectivity index (χ3v) is 4.82. The summed E-state index contributed by atoms with van der Waals surface area (Å²) in [6.45, 7) is 3.31. The van der Waals surface area contributed by atoms with Gasteiger partial charge in [-0.05, 0) is 19.8 Å². The normalized spacial score (nSPS) is 17.7. The van der Waals surface area contributed by atoms with Crippen LogP contribution in [0.15, 0.2) is 10.4 Å². The number of guanidine groups is 1. The minimum atomic E-state index is -0.577. The zero-order chi connectivity index (χ0) is 15.3. The molecule has 0 amide bonds. The fourth-order valence-corrected chi connectivity index (χ4v) is 3.42. The number of halogens is 1. The number of aryl methyl sites for hydroxylation is 1. The van der Waals surface area contributed by atoms with E-state index in [9.17, 15) is 5.11 Å². The molecule has 2 rings (SSSR count). The number of nitrogens with one attached hydrogen (secondary N) is 1. The van der Waals surface area contributed by atoms with E-state index < -0.39 is 5.60 Å². The molecule has 1 aliphatic rings. The Hall–Kier alpha value is -0.410. The topological polar surface area (TPSA) is 60.8 Å². The average Bonchev–Trinajstić information content (AvgIpc) is 2.85. The van der Waals surface area contributed by atoms with E-state index in [1.165, 1.54) is 6.42 Å². The Bertz CT molecular complexity index is 486.